The van der Waals surface area contributed by atoms with Crippen LogP contribution in [0.25, 0.3) is 0 Å². The molecule has 0 aliphatic carbocycles. The minimum atomic E-state index is 0.402. The smallest absolute Gasteiger partial charge is 0.193 e. The number of aliphatic imine (C=N–C) groups is 1. The van der Waals surface area contributed by atoms with Crippen molar-refractivity contribution >= 4 is 11.6 Å². The Hall–Kier alpha value is -2.53. The van der Waals surface area contributed by atoms with Gasteiger partial charge in [0.25, 0.3) is 0 Å². The Morgan fingerprint density at radius 1 is 1.03 bits per heavy atom. The fourth-order valence-electron chi connectivity index (χ4n) is 4.54. The molecule has 2 aromatic carbocycles. The van der Waals surface area contributed by atoms with Gasteiger partial charge in [-0.1, -0.05) is 42.5 Å². The van der Waals surface area contributed by atoms with Crippen LogP contribution in [0.15, 0.2) is 53.5 Å². The molecule has 0 saturated carbocycles. The SMILES string of the molecule is CCOC1CCN(C(=NC)NCc2ccc(CN3CCc4ccccc43)cc2)CC1. The second-order valence-corrected chi connectivity index (χ2v) is 8.16. The number of benzene rings is 2. The van der Waals surface area contributed by atoms with E-state index in [2.05, 4.69) is 75.6 Å². The number of ether oxygens (including phenoxy) is 1. The molecule has 2 aliphatic rings. The summed E-state index contributed by atoms with van der Waals surface area (Å²) < 4.78 is 5.76. The van der Waals surface area contributed by atoms with Gasteiger partial charge in [-0.15, -0.1) is 0 Å². The molecule has 0 aromatic heterocycles. The van der Waals surface area contributed by atoms with Gasteiger partial charge in [-0.05, 0) is 48.9 Å². The summed E-state index contributed by atoms with van der Waals surface area (Å²) in [5.74, 6) is 0.989. The minimum Gasteiger partial charge on any atom is -0.378 e. The molecular weight excluding hydrogens is 372 g/mol. The zero-order valence-corrected chi connectivity index (χ0v) is 18.3. The van der Waals surface area contributed by atoms with Gasteiger partial charge in [0, 0.05) is 52.1 Å². The van der Waals surface area contributed by atoms with E-state index in [4.69, 9.17) is 4.74 Å². The Kier molecular flexibility index (Phi) is 6.90. The molecule has 0 amide bonds. The number of nitrogens with one attached hydrogen (secondary N) is 1. The lowest BCUT2D eigenvalue weighted by Crippen LogP contribution is -2.46. The molecule has 0 radical (unpaired) electrons. The molecule has 5 nitrogen and oxygen atoms in total. The lowest BCUT2D eigenvalue weighted by Gasteiger charge is -2.34. The van der Waals surface area contributed by atoms with Crippen LogP contribution in [-0.4, -0.2) is 50.3 Å². The van der Waals surface area contributed by atoms with Gasteiger partial charge < -0.3 is 19.9 Å². The normalized spacial score (nSPS) is 17.3. The Morgan fingerprint density at radius 2 is 1.77 bits per heavy atom. The van der Waals surface area contributed by atoms with Crippen molar-refractivity contribution in [2.24, 2.45) is 4.99 Å². The summed E-state index contributed by atoms with van der Waals surface area (Å²) in [6, 6.07) is 17.7. The molecule has 2 aromatic rings. The quantitative estimate of drug-likeness (QED) is 0.585. The number of fused-ring (bicyclic) bond motifs is 1. The van der Waals surface area contributed by atoms with Crippen molar-refractivity contribution in [2.75, 3.05) is 38.2 Å². The Balaban J connectivity index is 1.28. The van der Waals surface area contributed by atoms with Gasteiger partial charge in [0.15, 0.2) is 5.96 Å². The van der Waals surface area contributed by atoms with Crippen LogP contribution in [0.5, 0.6) is 0 Å². The summed E-state index contributed by atoms with van der Waals surface area (Å²) in [7, 11) is 1.87. The second kappa shape index (κ2) is 9.98. The van der Waals surface area contributed by atoms with Crippen LogP contribution in [-0.2, 0) is 24.2 Å². The summed E-state index contributed by atoms with van der Waals surface area (Å²) in [5, 5.41) is 3.53. The summed E-state index contributed by atoms with van der Waals surface area (Å²) in [6.45, 7) is 7.76. The highest BCUT2D eigenvalue weighted by Crippen LogP contribution is 2.28. The predicted molar refractivity (Wildman–Crippen MR) is 124 cm³/mol. The Morgan fingerprint density at radius 3 is 2.50 bits per heavy atom. The summed E-state index contributed by atoms with van der Waals surface area (Å²) in [5.41, 5.74) is 5.50. The molecule has 0 bridgehead atoms. The van der Waals surface area contributed by atoms with Gasteiger partial charge >= 0.3 is 0 Å². The zero-order valence-electron chi connectivity index (χ0n) is 18.3. The molecular formula is C25H34N4O. The fraction of sp³-hybridized carbons (Fsp3) is 0.480. The highest BCUT2D eigenvalue weighted by atomic mass is 16.5. The third-order valence-corrected chi connectivity index (χ3v) is 6.19. The average molecular weight is 407 g/mol. The van der Waals surface area contributed by atoms with E-state index >= 15 is 0 Å². The molecule has 5 heteroatoms. The molecule has 0 unspecified atom stereocenters. The van der Waals surface area contributed by atoms with Crippen molar-refractivity contribution in [1.29, 1.82) is 0 Å². The number of hydrogen-bond acceptors (Lipinski definition) is 3. The van der Waals surface area contributed by atoms with Crippen molar-refractivity contribution in [3.63, 3.8) is 0 Å². The van der Waals surface area contributed by atoms with Crippen LogP contribution in [0, 0.1) is 0 Å². The van der Waals surface area contributed by atoms with E-state index in [0.29, 0.717) is 6.10 Å². The lowest BCUT2D eigenvalue weighted by molar-refractivity contribution is 0.0263. The molecule has 1 N–H and O–H groups in total. The van der Waals surface area contributed by atoms with E-state index in [1.807, 2.05) is 7.05 Å². The third kappa shape index (κ3) is 4.96. The van der Waals surface area contributed by atoms with E-state index in [1.54, 1.807) is 0 Å². The minimum absolute atomic E-state index is 0.402. The molecule has 4 rings (SSSR count). The van der Waals surface area contributed by atoms with Gasteiger partial charge in [-0.25, -0.2) is 0 Å². The number of rotatable bonds is 6. The van der Waals surface area contributed by atoms with Crippen molar-refractivity contribution in [2.45, 2.75) is 45.4 Å². The largest absolute Gasteiger partial charge is 0.378 e. The summed E-state index contributed by atoms with van der Waals surface area (Å²) >= 11 is 0. The molecule has 0 atom stereocenters. The first-order valence-electron chi connectivity index (χ1n) is 11.2. The van der Waals surface area contributed by atoms with E-state index in [9.17, 15) is 0 Å². The average Bonchev–Trinajstić information content (AvgIpc) is 3.19. The molecule has 2 aliphatic heterocycles. The van der Waals surface area contributed by atoms with Gasteiger partial charge in [-0.2, -0.15) is 0 Å². The molecule has 2 heterocycles. The van der Waals surface area contributed by atoms with Gasteiger partial charge in [0.05, 0.1) is 6.10 Å². The molecule has 0 spiro atoms. The fourth-order valence-corrected chi connectivity index (χ4v) is 4.54. The topological polar surface area (TPSA) is 40.1 Å². The van der Waals surface area contributed by atoms with Crippen LogP contribution >= 0.6 is 0 Å². The van der Waals surface area contributed by atoms with Gasteiger partial charge in [0.1, 0.15) is 0 Å². The maximum Gasteiger partial charge on any atom is 0.193 e. The molecule has 160 valence electrons. The number of hydrogen-bond donors (Lipinski definition) is 1. The van der Waals surface area contributed by atoms with Crippen LogP contribution < -0.4 is 10.2 Å². The van der Waals surface area contributed by atoms with E-state index in [1.165, 1.54) is 22.4 Å². The Bertz CT molecular complexity index is 840. The molecule has 1 fully saturated rings. The predicted octanol–water partition coefficient (Wildman–Crippen LogP) is 3.83. The highest BCUT2D eigenvalue weighted by Gasteiger charge is 2.21. The first kappa shape index (κ1) is 20.7. The van der Waals surface area contributed by atoms with Gasteiger partial charge in [-0.3, -0.25) is 4.99 Å². The van der Waals surface area contributed by atoms with Crippen molar-refractivity contribution in [3.05, 3.63) is 65.2 Å². The summed E-state index contributed by atoms with van der Waals surface area (Å²) in [4.78, 5) is 9.31. The van der Waals surface area contributed by atoms with E-state index < -0.39 is 0 Å². The molecule has 30 heavy (non-hydrogen) atoms. The lowest BCUT2D eigenvalue weighted by atomic mass is 10.1. The maximum absolute atomic E-state index is 5.76. The third-order valence-electron chi connectivity index (χ3n) is 6.19. The first-order valence-corrected chi connectivity index (χ1v) is 11.2. The van der Waals surface area contributed by atoms with E-state index in [-0.39, 0.29) is 0 Å². The van der Waals surface area contributed by atoms with Crippen LogP contribution in [0.2, 0.25) is 0 Å². The number of para-hydroxylation sites is 1. The van der Waals surface area contributed by atoms with E-state index in [0.717, 1.165) is 64.6 Å². The zero-order chi connectivity index (χ0) is 20.8. The maximum atomic E-state index is 5.76. The summed E-state index contributed by atoms with van der Waals surface area (Å²) in [6.07, 6.45) is 3.70. The first-order chi connectivity index (χ1) is 14.8. The van der Waals surface area contributed by atoms with Crippen LogP contribution in [0.3, 0.4) is 0 Å². The van der Waals surface area contributed by atoms with Crippen molar-refractivity contribution in [1.82, 2.24) is 10.2 Å². The number of nitrogens with zero attached hydrogens (tertiary/aromatic N) is 3. The monoisotopic (exact) mass is 406 g/mol. The van der Waals surface area contributed by atoms with Crippen molar-refractivity contribution in [3.8, 4) is 0 Å². The van der Waals surface area contributed by atoms with Crippen LogP contribution in [0.1, 0.15) is 36.5 Å². The number of likely N-dealkylation sites (tertiary alicyclic amines) is 1. The number of piperidine rings is 1. The standard InChI is InChI=1S/C25H34N4O/c1-3-30-23-13-16-28(17-14-23)25(26-2)27-18-20-8-10-21(11-9-20)19-29-15-12-22-6-4-5-7-24(22)29/h4-11,23H,3,12-19H2,1-2H3,(H,26,27). The Labute approximate surface area is 180 Å². The van der Waals surface area contributed by atoms with Crippen molar-refractivity contribution < 1.29 is 4.74 Å². The van der Waals surface area contributed by atoms with Gasteiger partial charge in [0.2, 0.25) is 0 Å². The highest BCUT2D eigenvalue weighted by molar-refractivity contribution is 5.80. The second-order valence-electron chi connectivity index (χ2n) is 8.16. The number of anilines is 1. The van der Waals surface area contributed by atoms with Crippen LogP contribution in [0.4, 0.5) is 5.69 Å². The molecule has 1 saturated heterocycles. The number of guanidine groups is 1.